The van der Waals surface area contributed by atoms with Gasteiger partial charge in [-0.05, 0) is 32.2 Å². The molecule has 0 saturated carbocycles. The van der Waals surface area contributed by atoms with Gasteiger partial charge in [0.15, 0.2) is 0 Å². The van der Waals surface area contributed by atoms with Gasteiger partial charge >= 0.3 is 0 Å². The minimum absolute atomic E-state index is 0.134. The lowest BCUT2D eigenvalue weighted by atomic mass is 9.90. The molecular formula is C14H28N2O2. The Labute approximate surface area is 111 Å². The average Bonchev–Trinajstić information content (AvgIpc) is 2.34. The van der Waals surface area contributed by atoms with Crippen LogP contribution in [0.1, 0.15) is 33.6 Å². The van der Waals surface area contributed by atoms with E-state index >= 15 is 0 Å². The van der Waals surface area contributed by atoms with Crippen molar-refractivity contribution < 1.29 is 9.53 Å². The van der Waals surface area contributed by atoms with Crippen molar-refractivity contribution in [2.45, 2.75) is 39.7 Å². The molecule has 0 bridgehead atoms. The van der Waals surface area contributed by atoms with Gasteiger partial charge in [-0.25, -0.2) is 0 Å². The highest BCUT2D eigenvalue weighted by Gasteiger charge is 2.30. The van der Waals surface area contributed by atoms with E-state index in [1.165, 1.54) is 0 Å². The van der Waals surface area contributed by atoms with Crippen LogP contribution in [0.15, 0.2) is 0 Å². The van der Waals surface area contributed by atoms with Crippen LogP contribution in [0.2, 0.25) is 0 Å². The standard InChI is InChI=1S/C14H28N2O2/c1-11(2)10-16(8-9-18-4)14(17)13-6-5-7-15-12(13)3/h11-13,15H,5-10H2,1-4H3. The van der Waals surface area contributed by atoms with Gasteiger partial charge in [-0.3, -0.25) is 4.79 Å². The molecule has 1 fully saturated rings. The zero-order valence-electron chi connectivity index (χ0n) is 12.2. The molecule has 18 heavy (non-hydrogen) atoms. The molecule has 1 rings (SSSR count). The molecule has 0 aliphatic carbocycles. The number of nitrogens with one attached hydrogen (secondary N) is 1. The fraction of sp³-hybridized carbons (Fsp3) is 0.929. The molecular weight excluding hydrogens is 228 g/mol. The molecule has 1 aliphatic rings. The summed E-state index contributed by atoms with van der Waals surface area (Å²) in [5.41, 5.74) is 0. The lowest BCUT2D eigenvalue weighted by molar-refractivity contribution is -0.138. The summed E-state index contributed by atoms with van der Waals surface area (Å²) in [6, 6.07) is 0.295. The second-order valence-corrected chi connectivity index (χ2v) is 5.66. The van der Waals surface area contributed by atoms with Crippen LogP contribution in [0.5, 0.6) is 0 Å². The fourth-order valence-corrected chi connectivity index (χ4v) is 2.55. The van der Waals surface area contributed by atoms with Crippen LogP contribution in [0, 0.1) is 11.8 Å². The zero-order valence-corrected chi connectivity index (χ0v) is 12.2. The molecule has 1 N–H and O–H groups in total. The third-order valence-corrected chi connectivity index (χ3v) is 3.54. The number of methoxy groups -OCH3 is 1. The van der Waals surface area contributed by atoms with Gasteiger partial charge in [-0.15, -0.1) is 0 Å². The smallest absolute Gasteiger partial charge is 0.227 e. The third kappa shape index (κ3) is 4.58. The number of hydrogen-bond acceptors (Lipinski definition) is 3. The van der Waals surface area contributed by atoms with Gasteiger partial charge in [-0.2, -0.15) is 0 Å². The second kappa shape index (κ2) is 7.74. The summed E-state index contributed by atoms with van der Waals surface area (Å²) >= 11 is 0. The SMILES string of the molecule is COCCN(CC(C)C)C(=O)C1CCCNC1C. The van der Waals surface area contributed by atoms with E-state index in [4.69, 9.17) is 4.74 Å². The topological polar surface area (TPSA) is 41.6 Å². The summed E-state index contributed by atoms with van der Waals surface area (Å²) in [4.78, 5) is 14.6. The number of rotatable bonds is 6. The molecule has 0 radical (unpaired) electrons. The van der Waals surface area contributed by atoms with E-state index < -0.39 is 0 Å². The summed E-state index contributed by atoms with van der Waals surface area (Å²) in [7, 11) is 1.68. The lowest BCUT2D eigenvalue weighted by Gasteiger charge is -2.34. The maximum atomic E-state index is 12.6. The number of ether oxygens (including phenoxy) is 1. The molecule has 2 atom stereocenters. The molecule has 1 amide bonds. The molecule has 4 heteroatoms. The van der Waals surface area contributed by atoms with Crippen LogP contribution in [0.3, 0.4) is 0 Å². The maximum absolute atomic E-state index is 12.6. The van der Waals surface area contributed by atoms with E-state index in [0.29, 0.717) is 31.0 Å². The Morgan fingerprint density at radius 3 is 2.78 bits per heavy atom. The average molecular weight is 256 g/mol. The predicted molar refractivity (Wildman–Crippen MR) is 73.5 cm³/mol. The first-order chi connectivity index (χ1) is 8.56. The lowest BCUT2D eigenvalue weighted by Crippen LogP contribution is -2.49. The number of carbonyl (C=O) groups excluding carboxylic acids is 1. The summed E-state index contributed by atoms with van der Waals surface area (Å²) in [6.07, 6.45) is 2.11. The highest BCUT2D eigenvalue weighted by atomic mass is 16.5. The Bertz CT molecular complexity index is 256. The molecule has 106 valence electrons. The Morgan fingerprint density at radius 2 is 2.22 bits per heavy atom. The first kappa shape index (κ1) is 15.4. The van der Waals surface area contributed by atoms with Crippen molar-refractivity contribution in [1.29, 1.82) is 0 Å². The monoisotopic (exact) mass is 256 g/mol. The molecule has 0 aromatic heterocycles. The molecule has 0 aromatic rings. The Kier molecular flexibility index (Phi) is 6.65. The van der Waals surface area contributed by atoms with Crippen LogP contribution in [0.25, 0.3) is 0 Å². The molecule has 4 nitrogen and oxygen atoms in total. The Hall–Kier alpha value is -0.610. The normalized spacial score (nSPS) is 24.3. The second-order valence-electron chi connectivity index (χ2n) is 5.66. The largest absolute Gasteiger partial charge is 0.383 e. The summed E-state index contributed by atoms with van der Waals surface area (Å²) in [5, 5.41) is 3.40. The number of piperidine rings is 1. The minimum Gasteiger partial charge on any atom is -0.383 e. The summed E-state index contributed by atoms with van der Waals surface area (Å²) in [6.45, 7) is 9.60. The van der Waals surface area contributed by atoms with Gasteiger partial charge in [0, 0.05) is 26.2 Å². The van der Waals surface area contributed by atoms with Crippen molar-refractivity contribution in [3.05, 3.63) is 0 Å². The number of hydrogen-bond donors (Lipinski definition) is 1. The van der Waals surface area contributed by atoms with Gasteiger partial charge in [0.1, 0.15) is 0 Å². The van der Waals surface area contributed by atoms with Gasteiger partial charge in [-0.1, -0.05) is 13.8 Å². The predicted octanol–water partition coefficient (Wildman–Crippen LogP) is 1.51. The van der Waals surface area contributed by atoms with Crippen molar-refractivity contribution in [2.75, 3.05) is 33.4 Å². The summed E-state index contributed by atoms with van der Waals surface area (Å²) < 4.78 is 5.11. The molecule has 0 aromatic carbocycles. The number of carbonyl (C=O) groups is 1. The fourth-order valence-electron chi connectivity index (χ4n) is 2.55. The third-order valence-electron chi connectivity index (χ3n) is 3.54. The van der Waals surface area contributed by atoms with Gasteiger partial charge in [0.05, 0.1) is 12.5 Å². The van der Waals surface area contributed by atoms with E-state index in [1.54, 1.807) is 7.11 Å². The van der Waals surface area contributed by atoms with E-state index in [-0.39, 0.29) is 5.92 Å². The van der Waals surface area contributed by atoms with Crippen molar-refractivity contribution in [2.24, 2.45) is 11.8 Å². The van der Waals surface area contributed by atoms with Crippen LogP contribution in [-0.4, -0.2) is 50.2 Å². The van der Waals surface area contributed by atoms with E-state index in [2.05, 4.69) is 26.1 Å². The van der Waals surface area contributed by atoms with Crippen molar-refractivity contribution in [1.82, 2.24) is 10.2 Å². The van der Waals surface area contributed by atoms with Crippen LogP contribution in [-0.2, 0) is 9.53 Å². The first-order valence-corrected chi connectivity index (χ1v) is 7.07. The molecule has 2 unspecified atom stereocenters. The quantitative estimate of drug-likeness (QED) is 0.783. The van der Waals surface area contributed by atoms with E-state index in [1.807, 2.05) is 4.90 Å². The molecule has 1 aliphatic heterocycles. The Morgan fingerprint density at radius 1 is 1.50 bits per heavy atom. The highest BCUT2D eigenvalue weighted by molar-refractivity contribution is 5.79. The van der Waals surface area contributed by atoms with Crippen LogP contribution < -0.4 is 5.32 Å². The maximum Gasteiger partial charge on any atom is 0.227 e. The zero-order chi connectivity index (χ0) is 13.5. The molecule has 0 spiro atoms. The summed E-state index contributed by atoms with van der Waals surface area (Å²) in [5.74, 6) is 0.924. The first-order valence-electron chi connectivity index (χ1n) is 7.07. The van der Waals surface area contributed by atoms with Crippen molar-refractivity contribution >= 4 is 5.91 Å². The van der Waals surface area contributed by atoms with Crippen molar-refractivity contribution in [3.8, 4) is 0 Å². The Balaban J connectivity index is 2.61. The number of nitrogens with zero attached hydrogens (tertiary/aromatic N) is 1. The number of amides is 1. The molecule has 1 saturated heterocycles. The van der Waals surface area contributed by atoms with Gasteiger partial charge < -0.3 is 15.0 Å². The van der Waals surface area contributed by atoms with Gasteiger partial charge in [0.25, 0.3) is 0 Å². The minimum atomic E-state index is 0.134. The van der Waals surface area contributed by atoms with Crippen LogP contribution in [0.4, 0.5) is 0 Å². The van der Waals surface area contributed by atoms with Crippen LogP contribution >= 0.6 is 0 Å². The van der Waals surface area contributed by atoms with Crippen molar-refractivity contribution in [3.63, 3.8) is 0 Å². The van der Waals surface area contributed by atoms with E-state index in [9.17, 15) is 4.79 Å². The van der Waals surface area contributed by atoms with E-state index in [0.717, 1.165) is 25.9 Å². The highest BCUT2D eigenvalue weighted by Crippen LogP contribution is 2.19. The van der Waals surface area contributed by atoms with Gasteiger partial charge in [0.2, 0.25) is 5.91 Å². The molecule has 1 heterocycles.